The van der Waals surface area contributed by atoms with Crippen LogP contribution in [0.4, 0.5) is 0 Å². The van der Waals surface area contributed by atoms with Crippen LogP contribution in [0.5, 0.6) is 0 Å². The minimum atomic E-state index is -0.760. The molecule has 1 unspecified atom stereocenters. The first-order valence-corrected chi connectivity index (χ1v) is 26.4. The summed E-state index contributed by atoms with van der Waals surface area (Å²) in [5, 5.41) is 0. The van der Waals surface area contributed by atoms with Crippen LogP contribution in [0.1, 0.15) is 297 Å². The molecule has 6 heteroatoms. The van der Waals surface area contributed by atoms with E-state index in [-0.39, 0.29) is 31.1 Å². The van der Waals surface area contributed by atoms with Crippen molar-refractivity contribution >= 4 is 17.9 Å². The lowest BCUT2D eigenvalue weighted by atomic mass is 9.99. The summed E-state index contributed by atoms with van der Waals surface area (Å²) in [6, 6.07) is 0. The van der Waals surface area contributed by atoms with Gasteiger partial charge in [0.05, 0.1) is 0 Å². The first-order valence-electron chi connectivity index (χ1n) is 26.4. The van der Waals surface area contributed by atoms with Crippen molar-refractivity contribution in [1.82, 2.24) is 0 Å². The van der Waals surface area contributed by atoms with Crippen molar-refractivity contribution in [1.29, 1.82) is 0 Å². The summed E-state index contributed by atoms with van der Waals surface area (Å²) in [4.78, 5) is 37.9. The summed E-state index contributed by atoms with van der Waals surface area (Å²) in [6.07, 6.45) is 49.4. The highest BCUT2D eigenvalue weighted by Crippen LogP contribution is 2.18. The maximum atomic E-state index is 12.7. The predicted octanol–water partition coefficient (Wildman–Crippen LogP) is 17.1. The topological polar surface area (TPSA) is 78.9 Å². The second-order valence-electron chi connectivity index (χ2n) is 18.4. The monoisotopic (exact) mass is 835 g/mol. The van der Waals surface area contributed by atoms with E-state index < -0.39 is 6.10 Å². The highest BCUT2D eigenvalue weighted by atomic mass is 16.6. The zero-order chi connectivity index (χ0) is 43.1. The molecule has 0 bridgehead atoms. The highest BCUT2D eigenvalue weighted by Gasteiger charge is 2.19. The minimum absolute atomic E-state index is 0.0626. The Morgan fingerprint density at radius 1 is 0.339 bits per heavy atom. The quantitative estimate of drug-likeness (QED) is 0.0345. The number of ether oxygens (including phenoxy) is 3. The zero-order valence-corrected chi connectivity index (χ0v) is 40.2. The number of unbranched alkanes of at least 4 members (excludes halogenated alkanes) is 34. The Balaban J connectivity index is 4.24. The summed E-state index contributed by atoms with van der Waals surface area (Å²) in [6.45, 7) is 9.06. The van der Waals surface area contributed by atoms with Crippen molar-refractivity contribution in [3.8, 4) is 0 Å². The fourth-order valence-electron chi connectivity index (χ4n) is 8.01. The Morgan fingerprint density at radius 3 is 0.881 bits per heavy atom. The first-order chi connectivity index (χ1) is 28.9. The van der Waals surface area contributed by atoms with E-state index >= 15 is 0 Å². The lowest BCUT2D eigenvalue weighted by Gasteiger charge is -2.18. The van der Waals surface area contributed by atoms with Gasteiger partial charge in [0.15, 0.2) is 6.10 Å². The largest absolute Gasteiger partial charge is 0.462 e. The maximum absolute atomic E-state index is 12.7. The number of esters is 3. The Labute approximate surface area is 368 Å². The number of hydrogen-bond acceptors (Lipinski definition) is 6. The third-order valence-corrected chi connectivity index (χ3v) is 12.4. The van der Waals surface area contributed by atoms with Gasteiger partial charge in [0.25, 0.3) is 0 Å². The Kier molecular flexibility index (Phi) is 46.2. The highest BCUT2D eigenvalue weighted by molar-refractivity contribution is 5.71. The van der Waals surface area contributed by atoms with Gasteiger partial charge in [-0.25, -0.2) is 0 Å². The third-order valence-electron chi connectivity index (χ3n) is 12.4. The first kappa shape index (κ1) is 57.4. The van der Waals surface area contributed by atoms with Crippen LogP contribution in [0, 0.1) is 5.92 Å². The Bertz CT molecular complexity index is 889. The molecule has 350 valence electrons. The molecule has 0 radical (unpaired) electrons. The summed E-state index contributed by atoms with van der Waals surface area (Å²) in [7, 11) is 0. The van der Waals surface area contributed by atoms with E-state index in [9.17, 15) is 14.4 Å². The van der Waals surface area contributed by atoms with Crippen molar-refractivity contribution < 1.29 is 28.6 Å². The summed E-state index contributed by atoms with van der Waals surface area (Å²) in [5.41, 5.74) is 0. The fourth-order valence-corrected chi connectivity index (χ4v) is 8.01. The molecule has 0 aromatic rings. The smallest absolute Gasteiger partial charge is 0.306 e. The van der Waals surface area contributed by atoms with Crippen LogP contribution in [0.25, 0.3) is 0 Å². The molecule has 0 aromatic heterocycles. The van der Waals surface area contributed by atoms with E-state index in [1.54, 1.807) is 0 Å². The normalized spacial score (nSPS) is 12.4. The van der Waals surface area contributed by atoms with Crippen molar-refractivity contribution in [2.45, 2.75) is 303 Å². The predicted molar refractivity (Wildman–Crippen MR) is 252 cm³/mol. The van der Waals surface area contributed by atoms with Crippen molar-refractivity contribution in [3.63, 3.8) is 0 Å². The average molecular weight is 835 g/mol. The van der Waals surface area contributed by atoms with E-state index in [1.807, 2.05) is 0 Å². The maximum Gasteiger partial charge on any atom is 0.306 e. The van der Waals surface area contributed by atoms with E-state index in [4.69, 9.17) is 14.2 Å². The molecular formula is C53H102O6. The molecule has 0 fully saturated rings. The van der Waals surface area contributed by atoms with Crippen LogP contribution in [-0.2, 0) is 28.6 Å². The van der Waals surface area contributed by atoms with Crippen LogP contribution < -0.4 is 0 Å². The molecule has 0 rings (SSSR count). The number of hydrogen-bond donors (Lipinski definition) is 0. The van der Waals surface area contributed by atoms with Crippen molar-refractivity contribution in [3.05, 3.63) is 0 Å². The van der Waals surface area contributed by atoms with E-state index in [0.29, 0.717) is 19.3 Å². The standard InChI is InChI=1S/C53H102O6/c1-5-8-10-12-14-16-18-21-25-29-32-36-40-44-51(54)57-47-50(59-53(56)46-42-38-34-28-17-15-13-11-9-6-2)48-58-52(55)45-41-37-33-30-26-23-20-19-22-24-27-31-35-39-43-49(4)7-3/h49-50H,5-48H2,1-4H3/t49?,50-/m1/s1. The lowest BCUT2D eigenvalue weighted by Crippen LogP contribution is -2.30. The third kappa shape index (κ3) is 45.8. The van der Waals surface area contributed by atoms with Crippen LogP contribution in [-0.4, -0.2) is 37.2 Å². The van der Waals surface area contributed by atoms with Gasteiger partial charge in [0.1, 0.15) is 13.2 Å². The SMILES string of the molecule is CCCCCCCCCCCCCCCC(=O)OC[C@H](COC(=O)CCCCCCCCCCCCCCCCC(C)CC)OC(=O)CCCCCCCCCCCC. The van der Waals surface area contributed by atoms with Gasteiger partial charge in [0, 0.05) is 19.3 Å². The van der Waals surface area contributed by atoms with E-state index in [1.165, 1.54) is 193 Å². The zero-order valence-electron chi connectivity index (χ0n) is 40.2. The van der Waals surface area contributed by atoms with Gasteiger partial charge < -0.3 is 14.2 Å². The van der Waals surface area contributed by atoms with Crippen LogP contribution in [0.15, 0.2) is 0 Å². The van der Waals surface area contributed by atoms with Gasteiger partial charge in [-0.05, 0) is 25.2 Å². The van der Waals surface area contributed by atoms with E-state index in [0.717, 1.165) is 63.7 Å². The number of carbonyl (C=O) groups is 3. The molecule has 0 saturated heterocycles. The Hall–Kier alpha value is -1.59. The summed E-state index contributed by atoms with van der Waals surface area (Å²) in [5.74, 6) is 0.0515. The van der Waals surface area contributed by atoms with Gasteiger partial charge in [-0.1, -0.05) is 259 Å². The van der Waals surface area contributed by atoms with Gasteiger partial charge in [-0.15, -0.1) is 0 Å². The molecule has 2 atom stereocenters. The lowest BCUT2D eigenvalue weighted by molar-refractivity contribution is -0.167. The number of rotatable bonds is 48. The van der Waals surface area contributed by atoms with Gasteiger partial charge in [-0.3, -0.25) is 14.4 Å². The van der Waals surface area contributed by atoms with Gasteiger partial charge in [0.2, 0.25) is 0 Å². The molecule has 0 amide bonds. The van der Waals surface area contributed by atoms with Crippen LogP contribution in [0.3, 0.4) is 0 Å². The van der Waals surface area contributed by atoms with Crippen molar-refractivity contribution in [2.75, 3.05) is 13.2 Å². The average Bonchev–Trinajstić information content (AvgIpc) is 3.23. The number of carbonyl (C=O) groups excluding carboxylic acids is 3. The van der Waals surface area contributed by atoms with Crippen molar-refractivity contribution in [2.24, 2.45) is 5.92 Å². The summed E-state index contributed by atoms with van der Waals surface area (Å²) >= 11 is 0. The molecule has 0 aliphatic carbocycles. The molecule has 0 saturated carbocycles. The second kappa shape index (κ2) is 47.5. The molecular weight excluding hydrogens is 733 g/mol. The van der Waals surface area contributed by atoms with Crippen LogP contribution >= 0.6 is 0 Å². The molecule has 0 spiro atoms. The minimum Gasteiger partial charge on any atom is -0.462 e. The Morgan fingerprint density at radius 2 is 0.593 bits per heavy atom. The molecule has 0 heterocycles. The molecule has 6 nitrogen and oxygen atoms in total. The van der Waals surface area contributed by atoms with Gasteiger partial charge >= 0.3 is 17.9 Å². The summed E-state index contributed by atoms with van der Waals surface area (Å²) < 4.78 is 16.8. The fraction of sp³-hybridized carbons (Fsp3) is 0.943. The van der Waals surface area contributed by atoms with Crippen LogP contribution in [0.2, 0.25) is 0 Å². The molecule has 59 heavy (non-hydrogen) atoms. The molecule has 0 N–H and O–H groups in total. The van der Waals surface area contributed by atoms with Gasteiger partial charge in [-0.2, -0.15) is 0 Å². The second-order valence-corrected chi connectivity index (χ2v) is 18.4. The molecule has 0 aliphatic heterocycles. The molecule has 0 aromatic carbocycles. The molecule has 0 aliphatic rings. The van der Waals surface area contributed by atoms with E-state index in [2.05, 4.69) is 27.7 Å².